The molecule has 4 amide bonds. The van der Waals surface area contributed by atoms with Crippen molar-refractivity contribution in [2.24, 2.45) is 11.8 Å². The number of nitrogens with one attached hydrogen (secondary N) is 4. The summed E-state index contributed by atoms with van der Waals surface area (Å²) in [5.74, 6) is 1.38. The van der Waals surface area contributed by atoms with E-state index in [1.807, 2.05) is 52.0 Å². The predicted octanol–water partition coefficient (Wildman–Crippen LogP) is 7.73. The number of carbonyl (C=O) groups is 4. The fourth-order valence-corrected chi connectivity index (χ4v) is 8.77. The predicted molar refractivity (Wildman–Crippen MR) is 241 cm³/mol. The third kappa shape index (κ3) is 10.6. The second-order valence-corrected chi connectivity index (χ2v) is 17.4. The van der Waals surface area contributed by atoms with Gasteiger partial charge in [-0.05, 0) is 79.2 Å². The zero-order valence-electron chi connectivity index (χ0n) is 37.7. The van der Waals surface area contributed by atoms with Gasteiger partial charge in [-0.3, -0.25) is 9.59 Å². The molecule has 64 heavy (non-hydrogen) atoms. The molecular weight excluding hydrogens is 817 g/mol. The number of hydrogen-bond donors (Lipinski definition) is 4. The first kappa shape index (κ1) is 45.9. The van der Waals surface area contributed by atoms with E-state index < -0.39 is 30.3 Å². The third-order valence-corrected chi connectivity index (χ3v) is 12.4. The summed E-state index contributed by atoms with van der Waals surface area (Å²) in [6, 6.07) is 12.3. The number of rotatable bonds is 9. The Labute approximate surface area is 374 Å². The maximum absolute atomic E-state index is 14.1. The normalized spacial score (nSPS) is 20.7. The van der Waals surface area contributed by atoms with E-state index in [0.717, 1.165) is 77.9 Å². The van der Waals surface area contributed by atoms with Gasteiger partial charge in [0.25, 0.3) is 0 Å². The summed E-state index contributed by atoms with van der Waals surface area (Å²) in [6.07, 6.45) is 12.3. The van der Waals surface area contributed by atoms with Crippen molar-refractivity contribution in [3.8, 4) is 39.4 Å². The molecule has 0 unspecified atom stereocenters. The quantitative estimate of drug-likeness (QED) is 0.121. The molecule has 5 heterocycles. The van der Waals surface area contributed by atoms with Crippen molar-refractivity contribution >= 4 is 24.0 Å². The van der Waals surface area contributed by atoms with Crippen LogP contribution in [0.5, 0.6) is 5.75 Å². The Morgan fingerprint density at radius 3 is 2.05 bits per heavy atom. The number of fused-ring (bicyclic) bond motifs is 7. The molecule has 342 valence electrons. The fourth-order valence-electron chi connectivity index (χ4n) is 8.77. The van der Waals surface area contributed by atoms with Crippen molar-refractivity contribution in [3.05, 3.63) is 78.7 Å². The summed E-state index contributed by atoms with van der Waals surface area (Å²) >= 11 is 0. The Morgan fingerprint density at radius 1 is 0.734 bits per heavy atom. The van der Waals surface area contributed by atoms with Crippen LogP contribution in [0.3, 0.4) is 0 Å². The number of amides is 4. The highest BCUT2D eigenvalue weighted by atomic mass is 16.5. The van der Waals surface area contributed by atoms with Crippen molar-refractivity contribution in [2.45, 2.75) is 103 Å². The number of ether oxygens (including phenoxy) is 4. The lowest BCUT2D eigenvalue weighted by Crippen LogP contribution is -2.51. The van der Waals surface area contributed by atoms with Gasteiger partial charge in [-0.25, -0.2) is 19.6 Å². The molecule has 0 aliphatic carbocycles. The third-order valence-electron chi connectivity index (χ3n) is 12.4. The molecule has 2 aromatic heterocycles. The van der Waals surface area contributed by atoms with E-state index in [2.05, 4.69) is 50.9 Å². The standard InChI is InChI=1S/C48H62N8O8/c1-29(2)41(53-47(59)61-5)45(57)55-21-13-14-38(55)43-49-26-36(51-43)32-17-15-31(16-18-32)33-19-20-35-37-27-50-44(52-37)39-25-34(28-56(39)46(58)42(30(3)4)54-48(60)62-6)63-22-11-9-7-8-10-12-23-64-40(35)24-33/h9,11,15-20,24,26-27,29-30,34,38-39,41-42H,7-8,10,12-14,21-23,25,28H2,1-6H3,(H,49,51)(H,50,52)(H,53,59)(H,54,60)/b11-9+/t34-,38-,39-,41-,42-/m0/s1. The smallest absolute Gasteiger partial charge is 0.407 e. The molecule has 16 heteroatoms. The molecule has 3 aliphatic heterocycles. The van der Waals surface area contributed by atoms with E-state index in [1.165, 1.54) is 14.2 Å². The molecule has 3 aliphatic rings. The van der Waals surface area contributed by atoms with Crippen LogP contribution in [0.1, 0.15) is 96.4 Å². The molecule has 0 saturated carbocycles. The number of hydrogen-bond acceptors (Lipinski definition) is 10. The number of alkyl carbamates (subject to hydrolysis) is 2. The minimum absolute atomic E-state index is 0.120. The van der Waals surface area contributed by atoms with Crippen molar-refractivity contribution < 1.29 is 38.1 Å². The Morgan fingerprint density at radius 2 is 1.36 bits per heavy atom. The summed E-state index contributed by atoms with van der Waals surface area (Å²) in [6.45, 7) is 9.52. The van der Waals surface area contributed by atoms with Gasteiger partial charge in [0, 0.05) is 25.1 Å². The lowest BCUT2D eigenvalue weighted by atomic mass is 10.00. The maximum atomic E-state index is 14.1. The maximum Gasteiger partial charge on any atom is 0.407 e. The number of likely N-dealkylation sites (tertiary alicyclic amines) is 2. The van der Waals surface area contributed by atoms with Gasteiger partial charge in [-0.15, -0.1) is 0 Å². The van der Waals surface area contributed by atoms with Crippen molar-refractivity contribution in [2.75, 3.05) is 40.5 Å². The highest BCUT2D eigenvalue weighted by Crippen LogP contribution is 2.39. The average molecular weight is 879 g/mol. The van der Waals surface area contributed by atoms with Gasteiger partial charge < -0.3 is 49.3 Å². The number of methoxy groups -OCH3 is 2. The van der Waals surface area contributed by atoms with E-state index in [4.69, 9.17) is 28.9 Å². The van der Waals surface area contributed by atoms with Gasteiger partial charge in [0.1, 0.15) is 29.5 Å². The van der Waals surface area contributed by atoms with Gasteiger partial charge in [-0.1, -0.05) is 70.2 Å². The summed E-state index contributed by atoms with van der Waals surface area (Å²) in [7, 11) is 2.57. The highest BCUT2D eigenvalue weighted by Gasteiger charge is 2.42. The zero-order valence-corrected chi connectivity index (χ0v) is 37.7. The van der Waals surface area contributed by atoms with Crippen molar-refractivity contribution in [1.82, 2.24) is 40.4 Å². The Hall–Kier alpha value is -6.16. The van der Waals surface area contributed by atoms with Crippen molar-refractivity contribution in [1.29, 1.82) is 0 Å². The number of allylic oxidation sites excluding steroid dienone is 1. The molecule has 4 aromatic rings. The van der Waals surface area contributed by atoms with E-state index >= 15 is 0 Å². The monoisotopic (exact) mass is 878 g/mol. The zero-order chi connectivity index (χ0) is 45.3. The topological polar surface area (TPSA) is 193 Å². The minimum Gasteiger partial charge on any atom is -0.493 e. The van der Waals surface area contributed by atoms with Crippen LogP contribution in [0.2, 0.25) is 0 Å². The Kier molecular flexibility index (Phi) is 15.1. The average Bonchev–Trinajstić information content (AvgIpc) is 4.14. The molecule has 7 rings (SSSR count). The number of benzene rings is 2. The first-order chi connectivity index (χ1) is 30.9. The number of aromatic nitrogens is 4. The van der Waals surface area contributed by atoms with E-state index in [9.17, 15) is 19.2 Å². The van der Waals surface area contributed by atoms with E-state index in [1.54, 1.807) is 22.2 Å². The Balaban J connectivity index is 1.12. The van der Waals surface area contributed by atoms with Gasteiger partial charge in [0.2, 0.25) is 11.8 Å². The van der Waals surface area contributed by atoms with Crippen LogP contribution >= 0.6 is 0 Å². The Bertz CT molecular complexity index is 2270. The second kappa shape index (κ2) is 21.0. The number of imidazole rings is 2. The van der Waals surface area contributed by atoms with Crippen molar-refractivity contribution in [3.63, 3.8) is 0 Å². The van der Waals surface area contributed by atoms with Crippen LogP contribution in [-0.4, -0.2) is 112 Å². The lowest BCUT2D eigenvalue weighted by molar-refractivity contribution is -0.136. The molecule has 0 radical (unpaired) electrons. The number of aromatic amines is 2. The molecule has 4 bridgehead atoms. The van der Waals surface area contributed by atoms with Crippen LogP contribution in [0.25, 0.3) is 33.6 Å². The molecule has 5 atom stereocenters. The SMILES string of the molecule is COC(=O)N[C@H](C(=O)N1CCC[C@H]1c1ncc(-c2ccc(-c3ccc4c(c3)OCCCCC/C=C/CO[C@H]3C[C@@H](c5ncc-4[nH]5)N(C(=O)[C@@H](NC(=O)OC)C(C)C)C3)cc2)[nH]1)C(C)C. The van der Waals surface area contributed by atoms with E-state index in [0.29, 0.717) is 44.4 Å². The molecule has 2 fully saturated rings. The molecule has 2 aromatic carbocycles. The minimum atomic E-state index is -0.787. The van der Waals surface area contributed by atoms with Crippen LogP contribution in [0.15, 0.2) is 67.0 Å². The lowest BCUT2D eigenvalue weighted by Gasteiger charge is -2.30. The molecule has 2 saturated heterocycles. The van der Waals surface area contributed by atoms with Gasteiger partial charge in [-0.2, -0.15) is 0 Å². The summed E-state index contributed by atoms with van der Waals surface area (Å²) in [4.78, 5) is 72.2. The summed E-state index contributed by atoms with van der Waals surface area (Å²) in [5, 5.41) is 5.44. The number of nitrogens with zero attached hydrogens (tertiary/aromatic N) is 4. The van der Waals surface area contributed by atoms with Gasteiger partial charge in [0.15, 0.2) is 0 Å². The van der Waals surface area contributed by atoms with Crippen LogP contribution in [0.4, 0.5) is 9.59 Å². The summed E-state index contributed by atoms with van der Waals surface area (Å²) < 4.78 is 22.4. The first-order valence-corrected chi connectivity index (χ1v) is 22.5. The van der Waals surface area contributed by atoms with Crippen LogP contribution in [-0.2, 0) is 23.8 Å². The summed E-state index contributed by atoms with van der Waals surface area (Å²) in [5.41, 5.74) is 5.38. The first-order valence-electron chi connectivity index (χ1n) is 22.5. The number of carbonyl (C=O) groups excluding carboxylic acids is 4. The van der Waals surface area contributed by atoms with E-state index in [-0.39, 0.29) is 35.8 Å². The largest absolute Gasteiger partial charge is 0.493 e. The van der Waals surface area contributed by atoms with Crippen LogP contribution < -0.4 is 15.4 Å². The highest BCUT2D eigenvalue weighted by molar-refractivity contribution is 5.87. The van der Waals surface area contributed by atoms with Crippen LogP contribution in [0, 0.1) is 11.8 Å². The second-order valence-electron chi connectivity index (χ2n) is 17.4. The molecular formula is C48H62N8O8. The number of H-pyrrole nitrogens is 2. The molecule has 4 N–H and O–H groups in total. The molecule has 16 nitrogen and oxygen atoms in total. The fraction of sp³-hybridized carbons (Fsp3) is 0.500. The van der Waals surface area contributed by atoms with Gasteiger partial charge in [0.05, 0.1) is 69.4 Å². The molecule has 0 spiro atoms. The van der Waals surface area contributed by atoms with Gasteiger partial charge >= 0.3 is 12.2 Å².